The first-order valence-corrected chi connectivity index (χ1v) is 14.2. The first-order chi connectivity index (χ1) is 17.1. The normalized spacial score (nSPS) is 12.8. The molecule has 2 aromatic rings. The maximum absolute atomic E-state index is 13.2. The number of halogens is 4. The Morgan fingerprint density at radius 1 is 1.05 bits per heavy atom. The van der Waals surface area contributed by atoms with Crippen LogP contribution in [-0.4, -0.2) is 50.0 Å². The van der Waals surface area contributed by atoms with Crippen LogP contribution in [0.4, 0.5) is 18.9 Å². The molecule has 1 atom stereocenters. The third-order valence-electron chi connectivity index (χ3n) is 5.48. The van der Waals surface area contributed by atoms with Crippen molar-refractivity contribution in [3.8, 4) is 0 Å². The molecule has 0 saturated heterocycles. The number of benzene rings is 2. The van der Waals surface area contributed by atoms with E-state index in [2.05, 4.69) is 21.2 Å². The molecule has 0 fully saturated rings. The van der Waals surface area contributed by atoms with Crippen LogP contribution < -0.4 is 9.62 Å². The van der Waals surface area contributed by atoms with E-state index in [-0.39, 0.29) is 49.5 Å². The largest absolute Gasteiger partial charge is 0.416 e. The summed E-state index contributed by atoms with van der Waals surface area (Å²) in [6.07, 6.45) is -3.80. The molecule has 0 aliphatic heterocycles. The van der Waals surface area contributed by atoms with Gasteiger partial charge in [-0.05, 0) is 63.1 Å². The number of carbonyl (C=O) groups is 2. The molecular formula is C25H31BrF3N3O4S. The molecule has 0 bridgehead atoms. The fraction of sp³-hybridized carbons (Fsp3) is 0.440. The van der Waals surface area contributed by atoms with Crippen molar-refractivity contribution in [2.24, 2.45) is 0 Å². The molecule has 0 aliphatic rings. The molecule has 0 aromatic heterocycles. The highest BCUT2D eigenvalue weighted by Crippen LogP contribution is 2.32. The number of anilines is 1. The van der Waals surface area contributed by atoms with Crippen LogP contribution in [0, 0.1) is 0 Å². The van der Waals surface area contributed by atoms with Gasteiger partial charge in [0, 0.05) is 30.0 Å². The van der Waals surface area contributed by atoms with E-state index in [9.17, 15) is 31.2 Å². The summed E-state index contributed by atoms with van der Waals surface area (Å²) in [6, 6.07) is 10.4. The lowest BCUT2D eigenvalue weighted by Gasteiger charge is -2.30. The van der Waals surface area contributed by atoms with Crippen LogP contribution in [0.1, 0.15) is 44.7 Å². The van der Waals surface area contributed by atoms with Gasteiger partial charge in [-0.3, -0.25) is 13.9 Å². The molecule has 1 unspecified atom stereocenters. The SMILES string of the molecule is CC(C)NC(=O)C(C)N(Cc1ccc(Br)cc1)C(=O)CCCN(c1cccc(C(F)(F)F)c1)S(C)(=O)=O. The van der Waals surface area contributed by atoms with Gasteiger partial charge in [-0.15, -0.1) is 0 Å². The van der Waals surface area contributed by atoms with Gasteiger partial charge in [-0.25, -0.2) is 8.42 Å². The van der Waals surface area contributed by atoms with Crippen molar-refractivity contribution in [2.75, 3.05) is 17.1 Å². The van der Waals surface area contributed by atoms with Crippen molar-refractivity contribution in [3.05, 3.63) is 64.1 Å². The lowest BCUT2D eigenvalue weighted by Crippen LogP contribution is -2.49. The molecule has 37 heavy (non-hydrogen) atoms. The minimum atomic E-state index is -4.63. The summed E-state index contributed by atoms with van der Waals surface area (Å²) in [6.45, 7) is 5.17. The average Bonchev–Trinajstić information content (AvgIpc) is 2.79. The first-order valence-electron chi connectivity index (χ1n) is 11.6. The van der Waals surface area contributed by atoms with Crippen molar-refractivity contribution in [1.29, 1.82) is 0 Å². The molecule has 2 rings (SSSR count). The van der Waals surface area contributed by atoms with E-state index >= 15 is 0 Å². The number of carbonyl (C=O) groups excluding carboxylic acids is 2. The Balaban J connectivity index is 2.21. The Morgan fingerprint density at radius 3 is 2.22 bits per heavy atom. The highest BCUT2D eigenvalue weighted by molar-refractivity contribution is 9.10. The molecule has 0 saturated carbocycles. The number of hydrogen-bond donors (Lipinski definition) is 1. The molecular weight excluding hydrogens is 575 g/mol. The van der Waals surface area contributed by atoms with Gasteiger partial charge in [0.05, 0.1) is 17.5 Å². The van der Waals surface area contributed by atoms with Gasteiger partial charge in [0.2, 0.25) is 21.8 Å². The predicted octanol–water partition coefficient (Wildman–Crippen LogP) is 4.96. The van der Waals surface area contributed by atoms with Gasteiger partial charge in [0.15, 0.2) is 0 Å². The summed E-state index contributed by atoms with van der Waals surface area (Å²) >= 11 is 3.36. The zero-order valence-corrected chi connectivity index (χ0v) is 23.5. The molecule has 0 radical (unpaired) electrons. The fourth-order valence-corrected chi connectivity index (χ4v) is 4.84. The Bertz CT molecular complexity index is 1190. The smallest absolute Gasteiger partial charge is 0.352 e. The van der Waals surface area contributed by atoms with Crippen LogP contribution in [0.25, 0.3) is 0 Å². The van der Waals surface area contributed by atoms with Crippen LogP contribution in [0.15, 0.2) is 53.0 Å². The molecule has 12 heteroatoms. The topological polar surface area (TPSA) is 86.8 Å². The average molecular weight is 607 g/mol. The maximum atomic E-state index is 13.2. The van der Waals surface area contributed by atoms with Crippen molar-refractivity contribution >= 4 is 43.5 Å². The number of nitrogens with one attached hydrogen (secondary N) is 1. The standard InChI is InChI=1S/C25H31BrF3N3O4S/c1-17(2)30-24(34)18(3)31(16-19-10-12-21(26)13-11-19)23(33)9-6-14-32(37(4,35)36)22-8-5-7-20(15-22)25(27,28)29/h5,7-8,10-13,15,17-18H,6,9,14,16H2,1-4H3,(H,30,34). The summed E-state index contributed by atoms with van der Waals surface area (Å²) in [5.74, 6) is -0.714. The van der Waals surface area contributed by atoms with E-state index in [1.807, 2.05) is 24.3 Å². The number of hydrogen-bond acceptors (Lipinski definition) is 4. The molecule has 0 aliphatic carbocycles. The minimum absolute atomic E-state index is 0.0392. The Kier molecular flexibility index (Phi) is 10.6. The highest BCUT2D eigenvalue weighted by Gasteiger charge is 2.32. The van der Waals surface area contributed by atoms with E-state index in [0.29, 0.717) is 0 Å². The third kappa shape index (κ3) is 9.33. The van der Waals surface area contributed by atoms with E-state index in [4.69, 9.17) is 0 Å². The Morgan fingerprint density at radius 2 is 1.68 bits per heavy atom. The van der Waals surface area contributed by atoms with E-state index in [1.54, 1.807) is 20.8 Å². The monoisotopic (exact) mass is 605 g/mol. The van der Waals surface area contributed by atoms with Crippen LogP contribution >= 0.6 is 15.9 Å². The van der Waals surface area contributed by atoms with Crippen molar-refractivity contribution in [2.45, 2.75) is 58.4 Å². The lowest BCUT2D eigenvalue weighted by molar-refractivity contribution is -0.140. The lowest BCUT2D eigenvalue weighted by atomic mass is 10.1. The summed E-state index contributed by atoms with van der Waals surface area (Å²) in [4.78, 5) is 27.3. The number of nitrogens with zero attached hydrogens (tertiary/aromatic N) is 2. The number of amides is 2. The molecule has 204 valence electrons. The van der Waals surface area contributed by atoms with Crippen LogP contribution in [0.5, 0.6) is 0 Å². The summed E-state index contributed by atoms with van der Waals surface area (Å²) in [5.41, 5.74) is -0.316. The van der Waals surface area contributed by atoms with Crippen LogP contribution in [0.3, 0.4) is 0 Å². The maximum Gasteiger partial charge on any atom is 0.416 e. The minimum Gasteiger partial charge on any atom is -0.352 e. The molecule has 0 heterocycles. The second kappa shape index (κ2) is 12.8. The number of alkyl halides is 3. The van der Waals surface area contributed by atoms with E-state index in [1.165, 1.54) is 11.0 Å². The van der Waals surface area contributed by atoms with Gasteiger partial charge in [-0.1, -0.05) is 34.1 Å². The second-order valence-electron chi connectivity index (χ2n) is 8.97. The molecule has 1 N–H and O–H groups in total. The summed E-state index contributed by atoms with van der Waals surface area (Å²) in [5, 5.41) is 2.79. The Hall–Kier alpha value is -2.60. The molecule has 0 spiro atoms. The Labute approximate surface area is 224 Å². The summed E-state index contributed by atoms with van der Waals surface area (Å²) in [7, 11) is -3.92. The van der Waals surface area contributed by atoms with Gasteiger partial charge < -0.3 is 10.2 Å². The summed E-state index contributed by atoms with van der Waals surface area (Å²) < 4.78 is 65.9. The van der Waals surface area contributed by atoms with Gasteiger partial charge in [0.25, 0.3) is 0 Å². The molecule has 2 amide bonds. The van der Waals surface area contributed by atoms with Gasteiger partial charge in [0.1, 0.15) is 6.04 Å². The number of sulfonamides is 1. The molecule has 7 nitrogen and oxygen atoms in total. The fourth-order valence-electron chi connectivity index (χ4n) is 3.62. The number of rotatable bonds is 11. The first kappa shape index (κ1) is 30.6. The van der Waals surface area contributed by atoms with E-state index in [0.717, 1.165) is 38.8 Å². The van der Waals surface area contributed by atoms with Gasteiger partial charge >= 0.3 is 6.18 Å². The predicted molar refractivity (Wildman–Crippen MR) is 140 cm³/mol. The molecule has 2 aromatic carbocycles. The van der Waals surface area contributed by atoms with Crippen molar-refractivity contribution in [3.63, 3.8) is 0 Å². The zero-order chi connectivity index (χ0) is 28.0. The van der Waals surface area contributed by atoms with Gasteiger partial charge in [-0.2, -0.15) is 13.2 Å². The van der Waals surface area contributed by atoms with E-state index < -0.39 is 27.8 Å². The third-order valence-corrected chi connectivity index (χ3v) is 7.20. The zero-order valence-electron chi connectivity index (χ0n) is 21.0. The quantitative estimate of drug-likeness (QED) is 0.392. The highest BCUT2D eigenvalue weighted by atomic mass is 79.9. The van der Waals surface area contributed by atoms with Crippen molar-refractivity contribution < 1.29 is 31.2 Å². The second-order valence-corrected chi connectivity index (χ2v) is 11.8. The van der Waals surface area contributed by atoms with Crippen molar-refractivity contribution in [1.82, 2.24) is 10.2 Å². The van der Waals surface area contributed by atoms with Crippen LogP contribution in [0.2, 0.25) is 0 Å². The van der Waals surface area contributed by atoms with Crippen LogP contribution in [-0.2, 0) is 32.3 Å².